The Morgan fingerprint density at radius 3 is 2.68 bits per heavy atom. The zero-order chi connectivity index (χ0) is 22.1. The van der Waals surface area contributed by atoms with Crippen LogP contribution in [0.3, 0.4) is 0 Å². The molecular weight excluding hydrogens is 404 g/mol. The standard InChI is InChI=1S/C22H19F2N5O2/c1-28(18-7-5-15(23)10-16(18)24)20-8-3-13(11-25-20)12-26-21(30)14-4-6-19-17(9-14)27-22(31)29(19)2/h3-11H,12H2,1-2H3,(H,26,30)(H,27,31). The summed E-state index contributed by atoms with van der Waals surface area (Å²) in [5.74, 6) is -1.15. The van der Waals surface area contributed by atoms with Gasteiger partial charge in [0.1, 0.15) is 17.5 Å². The van der Waals surface area contributed by atoms with E-state index in [-0.39, 0.29) is 23.8 Å². The Kier molecular flexibility index (Phi) is 5.24. The predicted octanol–water partition coefficient (Wildman–Crippen LogP) is 3.24. The molecule has 0 saturated heterocycles. The number of halogens is 2. The number of aryl methyl sites for hydroxylation is 1. The molecule has 158 valence electrons. The van der Waals surface area contributed by atoms with Gasteiger partial charge >= 0.3 is 5.69 Å². The van der Waals surface area contributed by atoms with Crippen molar-refractivity contribution in [2.45, 2.75) is 6.54 Å². The van der Waals surface area contributed by atoms with Gasteiger partial charge in [-0.25, -0.2) is 18.6 Å². The molecule has 2 aromatic heterocycles. The maximum absolute atomic E-state index is 14.0. The Hall–Kier alpha value is -4.01. The van der Waals surface area contributed by atoms with Crippen LogP contribution in [0.5, 0.6) is 0 Å². The second-order valence-electron chi connectivity index (χ2n) is 7.08. The smallest absolute Gasteiger partial charge is 0.326 e. The van der Waals surface area contributed by atoms with E-state index in [4.69, 9.17) is 0 Å². The van der Waals surface area contributed by atoms with Gasteiger partial charge in [0.25, 0.3) is 5.91 Å². The SMILES string of the molecule is CN(c1ccc(CNC(=O)c2ccc3c(c2)[nH]c(=O)n3C)cn1)c1ccc(F)cc1F. The van der Waals surface area contributed by atoms with E-state index in [1.54, 1.807) is 50.6 Å². The van der Waals surface area contributed by atoms with Gasteiger partial charge in [0, 0.05) is 38.5 Å². The average Bonchev–Trinajstić information content (AvgIpc) is 3.05. The maximum atomic E-state index is 14.0. The highest BCUT2D eigenvalue weighted by molar-refractivity contribution is 5.97. The minimum Gasteiger partial charge on any atom is -0.348 e. The third-order valence-electron chi connectivity index (χ3n) is 5.04. The number of imidazole rings is 1. The van der Waals surface area contributed by atoms with Crippen molar-refractivity contribution in [2.24, 2.45) is 7.05 Å². The topological polar surface area (TPSA) is 83.0 Å². The van der Waals surface area contributed by atoms with E-state index < -0.39 is 11.6 Å². The largest absolute Gasteiger partial charge is 0.348 e. The molecule has 9 heteroatoms. The van der Waals surface area contributed by atoms with E-state index in [9.17, 15) is 18.4 Å². The van der Waals surface area contributed by atoms with E-state index in [0.29, 0.717) is 22.4 Å². The van der Waals surface area contributed by atoms with Gasteiger partial charge in [0.15, 0.2) is 0 Å². The van der Waals surface area contributed by atoms with E-state index in [0.717, 1.165) is 11.6 Å². The lowest BCUT2D eigenvalue weighted by molar-refractivity contribution is 0.0951. The van der Waals surface area contributed by atoms with E-state index in [1.807, 2.05) is 0 Å². The molecule has 0 unspecified atom stereocenters. The van der Waals surface area contributed by atoms with Crippen LogP contribution in [-0.2, 0) is 13.6 Å². The minimum absolute atomic E-state index is 0.198. The molecule has 2 N–H and O–H groups in total. The lowest BCUT2D eigenvalue weighted by Crippen LogP contribution is -2.23. The number of nitrogens with zero attached hydrogens (tertiary/aromatic N) is 3. The fourth-order valence-electron chi connectivity index (χ4n) is 3.26. The zero-order valence-corrected chi connectivity index (χ0v) is 16.8. The van der Waals surface area contributed by atoms with Crippen LogP contribution in [0.2, 0.25) is 0 Å². The number of fused-ring (bicyclic) bond motifs is 1. The number of rotatable bonds is 5. The van der Waals surface area contributed by atoms with Gasteiger partial charge in [-0.1, -0.05) is 6.07 Å². The van der Waals surface area contributed by atoms with Crippen LogP contribution in [0.1, 0.15) is 15.9 Å². The fourth-order valence-corrected chi connectivity index (χ4v) is 3.26. The van der Waals surface area contributed by atoms with Crippen LogP contribution in [0.25, 0.3) is 11.0 Å². The number of aromatic amines is 1. The first-order valence-electron chi connectivity index (χ1n) is 9.44. The van der Waals surface area contributed by atoms with Crippen molar-refractivity contribution in [1.82, 2.24) is 19.9 Å². The monoisotopic (exact) mass is 423 g/mol. The van der Waals surface area contributed by atoms with Crippen molar-refractivity contribution in [3.05, 3.63) is 88.0 Å². The number of carbonyl (C=O) groups is 1. The van der Waals surface area contributed by atoms with Crippen molar-refractivity contribution in [1.29, 1.82) is 0 Å². The van der Waals surface area contributed by atoms with Crippen molar-refractivity contribution in [3.63, 3.8) is 0 Å². The maximum Gasteiger partial charge on any atom is 0.326 e. The molecule has 2 heterocycles. The molecule has 0 aliphatic rings. The van der Waals surface area contributed by atoms with E-state index in [2.05, 4.69) is 15.3 Å². The van der Waals surface area contributed by atoms with Crippen LogP contribution >= 0.6 is 0 Å². The van der Waals surface area contributed by atoms with Crippen LogP contribution in [0.4, 0.5) is 20.3 Å². The molecule has 0 radical (unpaired) electrons. The summed E-state index contributed by atoms with van der Waals surface area (Å²) in [5, 5.41) is 2.80. The Bertz CT molecular complexity index is 1330. The van der Waals surface area contributed by atoms with Gasteiger partial charge in [-0.2, -0.15) is 0 Å². The zero-order valence-electron chi connectivity index (χ0n) is 16.8. The van der Waals surface area contributed by atoms with Gasteiger partial charge < -0.3 is 15.2 Å². The second-order valence-corrected chi connectivity index (χ2v) is 7.08. The number of amides is 1. The van der Waals surface area contributed by atoms with Crippen LogP contribution in [-0.4, -0.2) is 27.5 Å². The summed E-state index contributed by atoms with van der Waals surface area (Å²) in [5.41, 5.74) is 2.42. The number of pyridine rings is 1. The molecule has 1 amide bonds. The normalized spacial score (nSPS) is 11.0. The lowest BCUT2D eigenvalue weighted by Gasteiger charge is -2.19. The molecule has 7 nitrogen and oxygen atoms in total. The van der Waals surface area contributed by atoms with Gasteiger partial charge in [-0.3, -0.25) is 9.36 Å². The number of carbonyl (C=O) groups excluding carboxylic acids is 1. The van der Waals surface area contributed by atoms with Crippen molar-refractivity contribution in [2.75, 3.05) is 11.9 Å². The highest BCUT2D eigenvalue weighted by atomic mass is 19.1. The molecule has 0 fully saturated rings. The molecule has 0 bridgehead atoms. The summed E-state index contributed by atoms with van der Waals surface area (Å²) < 4.78 is 28.6. The van der Waals surface area contributed by atoms with Crippen LogP contribution in [0.15, 0.2) is 59.5 Å². The first-order valence-corrected chi connectivity index (χ1v) is 9.44. The highest BCUT2D eigenvalue weighted by Crippen LogP contribution is 2.25. The average molecular weight is 423 g/mol. The van der Waals surface area contributed by atoms with Crippen LogP contribution < -0.4 is 15.9 Å². The quantitative estimate of drug-likeness (QED) is 0.516. The van der Waals surface area contributed by atoms with Crippen molar-refractivity contribution >= 4 is 28.4 Å². The lowest BCUT2D eigenvalue weighted by atomic mass is 10.2. The molecule has 0 aliphatic heterocycles. The fraction of sp³-hybridized carbons (Fsp3) is 0.136. The summed E-state index contributed by atoms with van der Waals surface area (Å²) >= 11 is 0. The highest BCUT2D eigenvalue weighted by Gasteiger charge is 2.12. The van der Waals surface area contributed by atoms with Gasteiger partial charge in [-0.05, 0) is 42.0 Å². The van der Waals surface area contributed by atoms with E-state index >= 15 is 0 Å². The predicted molar refractivity (Wildman–Crippen MR) is 113 cm³/mol. The Labute approximate surface area is 176 Å². The van der Waals surface area contributed by atoms with Gasteiger partial charge in [0.05, 0.1) is 16.7 Å². The number of benzene rings is 2. The van der Waals surface area contributed by atoms with Gasteiger partial charge in [-0.15, -0.1) is 0 Å². The number of hydrogen-bond acceptors (Lipinski definition) is 4. The number of hydrogen-bond donors (Lipinski definition) is 2. The molecule has 0 saturated carbocycles. The minimum atomic E-state index is -0.683. The molecule has 0 aliphatic carbocycles. The molecule has 31 heavy (non-hydrogen) atoms. The molecule has 4 aromatic rings. The number of H-pyrrole nitrogens is 1. The second kappa shape index (κ2) is 8.02. The third kappa shape index (κ3) is 4.02. The molecule has 0 spiro atoms. The number of anilines is 2. The number of aromatic nitrogens is 3. The molecule has 2 aromatic carbocycles. The van der Waals surface area contributed by atoms with Crippen LogP contribution in [0, 0.1) is 11.6 Å². The van der Waals surface area contributed by atoms with E-state index in [1.165, 1.54) is 21.6 Å². The Morgan fingerprint density at radius 1 is 1.16 bits per heavy atom. The first kappa shape index (κ1) is 20.3. The summed E-state index contributed by atoms with van der Waals surface area (Å²) in [6.07, 6.45) is 1.57. The van der Waals surface area contributed by atoms with Gasteiger partial charge in [0.2, 0.25) is 0 Å². The molecule has 4 rings (SSSR count). The summed E-state index contributed by atoms with van der Waals surface area (Å²) in [7, 11) is 3.28. The van der Waals surface area contributed by atoms with Crippen molar-refractivity contribution < 1.29 is 13.6 Å². The molecule has 0 atom stereocenters. The number of nitrogens with one attached hydrogen (secondary N) is 2. The summed E-state index contributed by atoms with van der Waals surface area (Å²) in [6.45, 7) is 0.240. The molecular formula is C22H19F2N5O2. The first-order chi connectivity index (χ1) is 14.8. The Balaban J connectivity index is 1.43. The third-order valence-corrected chi connectivity index (χ3v) is 5.04. The summed E-state index contributed by atoms with van der Waals surface area (Å²) in [6, 6.07) is 11.8. The Morgan fingerprint density at radius 2 is 1.97 bits per heavy atom. The summed E-state index contributed by atoms with van der Waals surface area (Å²) in [4.78, 5) is 32.7. The van der Waals surface area contributed by atoms with Crippen molar-refractivity contribution in [3.8, 4) is 0 Å².